The van der Waals surface area contributed by atoms with Gasteiger partial charge in [-0.25, -0.2) is 0 Å². The van der Waals surface area contributed by atoms with Crippen LogP contribution in [0.1, 0.15) is 30.9 Å². The third-order valence-corrected chi connectivity index (χ3v) is 5.34. The van der Waals surface area contributed by atoms with Gasteiger partial charge >= 0.3 is 6.18 Å². The van der Waals surface area contributed by atoms with Crippen molar-refractivity contribution in [3.8, 4) is 11.5 Å². The van der Waals surface area contributed by atoms with Gasteiger partial charge in [-0.3, -0.25) is 9.69 Å². The van der Waals surface area contributed by atoms with Crippen molar-refractivity contribution < 1.29 is 27.4 Å². The van der Waals surface area contributed by atoms with Crippen molar-refractivity contribution in [2.45, 2.75) is 44.6 Å². The van der Waals surface area contributed by atoms with Crippen LogP contribution in [0.2, 0.25) is 0 Å². The monoisotopic (exact) mass is 436 g/mol. The smallest absolute Gasteiger partial charge is 0.416 e. The number of methoxy groups -OCH3 is 1. The van der Waals surface area contributed by atoms with Crippen LogP contribution in [0.5, 0.6) is 11.5 Å². The molecule has 5 nitrogen and oxygen atoms in total. The fraction of sp³-hybridized carbons (Fsp3) is 0.435. The van der Waals surface area contributed by atoms with Gasteiger partial charge in [-0.05, 0) is 55.7 Å². The molecule has 168 valence electrons. The Morgan fingerprint density at radius 1 is 1.13 bits per heavy atom. The normalized spacial score (nSPS) is 16.5. The molecule has 2 aromatic rings. The Morgan fingerprint density at radius 2 is 1.77 bits per heavy atom. The largest absolute Gasteiger partial charge is 0.497 e. The van der Waals surface area contributed by atoms with Gasteiger partial charge in [0.25, 0.3) is 5.91 Å². The minimum Gasteiger partial charge on any atom is -0.497 e. The van der Waals surface area contributed by atoms with Gasteiger partial charge in [0, 0.05) is 25.7 Å². The predicted octanol–water partition coefficient (Wildman–Crippen LogP) is 4.26. The lowest BCUT2D eigenvalue weighted by Gasteiger charge is -2.33. The van der Waals surface area contributed by atoms with Crippen molar-refractivity contribution in [3.05, 3.63) is 59.7 Å². The summed E-state index contributed by atoms with van der Waals surface area (Å²) < 4.78 is 49.4. The zero-order valence-corrected chi connectivity index (χ0v) is 17.6. The van der Waals surface area contributed by atoms with E-state index in [1.54, 1.807) is 44.4 Å². The predicted molar refractivity (Wildman–Crippen MR) is 111 cm³/mol. The summed E-state index contributed by atoms with van der Waals surface area (Å²) in [5, 5.41) is 3.01. The number of amides is 1. The molecule has 0 aliphatic carbocycles. The molecule has 1 fully saturated rings. The lowest BCUT2D eigenvalue weighted by molar-refractivity contribution is -0.137. The van der Waals surface area contributed by atoms with Crippen LogP contribution in [0.4, 0.5) is 13.2 Å². The quantitative estimate of drug-likeness (QED) is 0.705. The van der Waals surface area contributed by atoms with Crippen LogP contribution in [0.25, 0.3) is 0 Å². The fourth-order valence-corrected chi connectivity index (χ4v) is 3.57. The van der Waals surface area contributed by atoms with E-state index in [0.29, 0.717) is 36.7 Å². The van der Waals surface area contributed by atoms with E-state index in [4.69, 9.17) is 9.47 Å². The van der Waals surface area contributed by atoms with Crippen LogP contribution >= 0.6 is 0 Å². The highest BCUT2D eigenvalue weighted by Crippen LogP contribution is 2.30. The van der Waals surface area contributed by atoms with Gasteiger partial charge in [-0.1, -0.05) is 18.2 Å². The van der Waals surface area contributed by atoms with Crippen molar-refractivity contribution in [1.82, 2.24) is 10.2 Å². The molecule has 31 heavy (non-hydrogen) atoms. The van der Waals surface area contributed by atoms with Crippen molar-refractivity contribution in [2.24, 2.45) is 0 Å². The van der Waals surface area contributed by atoms with Gasteiger partial charge in [0.2, 0.25) is 0 Å². The standard InChI is InChI=1S/C23H27F3N2O3/c1-16(31-21-8-6-20(30-2)7-9-21)22(29)27-19-10-12-28(13-11-19)15-17-4-3-5-18(14-17)23(24,25)26/h3-9,14,16,19H,10-13,15H2,1-2H3,(H,27,29). The minimum atomic E-state index is -4.34. The molecule has 1 N–H and O–H groups in total. The van der Waals surface area contributed by atoms with E-state index in [0.717, 1.165) is 18.9 Å². The number of likely N-dealkylation sites (tertiary alicyclic amines) is 1. The molecule has 3 rings (SSSR count). The van der Waals surface area contributed by atoms with E-state index in [-0.39, 0.29) is 11.9 Å². The van der Waals surface area contributed by atoms with E-state index in [9.17, 15) is 18.0 Å². The van der Waals surface area contributed by atoms with E-state index < -0.39 is 17.8 Å². The lowest BCUT2D eigenvalue weighted by atomic mass is 10.0. The summed E-state index contributed by atoms with van der Waals surface area (Å²) in [6.07, 6.45) is -3.51. The van der Waals surface area contributed by atoms with Crippen molar-refractivity contribution in [1.29, 1.82) is 0 Å². The van der Waals surface area contributed by atoms with Gasteiger partial charge in [0.05, 0.1) is 12.7 Å². The molecule has 8 heteroatoms. The summed E-state index contributed by atoms with van der Waals surface area (Å²) in [7, 11) is 1.58. The van der Waals surface area contributed by atoms with E-state index in [1.807, 2.05) is 0 Å². The second-order valence-corrected chi connectivity index (χ2v) is 7.69. The third-order valence-electron chi connectivity index (χ3n) is 5.34. The van der Waals surface area contributed by atoms with Gasteiger partial charge in [0.15, 0.2) is 6.10 Å². The summed E-state index contributed by atoms with van der Waals surface area (Å²) in [6, 6.07) is 12.5. The number of nitrogens with zero attached hydrogens (tertiary/aromatic N) is 1. The Labute approximate surface area is 180 Å². The van der Waals surface area contributed by atoms with Crippen LogP contribution in [-0.4, -0.2) is 43.2 Å². The Hall–Kier alpha value is -2.74. The first-order valence-corrected chi connectivity index (χ1v) is 10.2. The summed E-state index contributed by atoms with van der Waals surface area (Å²) >= 11 is 0. The molecule has 1 amide bonds. The first kappa shape index (κ1) is 22.9. The Morgan fingerprint density at radius 3 is 2.39 bits per heavy atom. The Balaban J connectivity index is 1.44. The molecule has 0 aromatic heterocycles. The topological polar surface area (TPSA) is 50.8 Å². The summed E-state index contributed by atoms with van der Waals surface area (Å²) in [5.74, 6) is 1.10. The number of hydrogen-bond acceptors (Lipinski definition) is 4. The minimum absolute atomic E-state index is 0.0205. The van der Waals surface area contributed by atoms with Crippen molar-refractivity contribution in [2.75, 3.05) is 20.2 Å². The van der Waals surface area contributed by atoms with E-state index in [1.165, 1.54) is 12.1 Å². The third kappa shape index (κ3) is 6.62. The number of ether oxygens (including phenoxy) is 2. The first-order valence-electron chi connectivity index (χ1n) is 10.2. The first-order chi connectivity index (χ1) is 14.7. The van der Waals surface area contributed by atoms with Gasteiger partial charge < -0.3 is 14.8 Å². The molecular weight excluding hydrogens is 409 g/mol. The van der Waals surface area contributed by atoms with Gasteiger partial charge in [-0.2, -0.15) is 13.2 Å². The molecule has 1 saturated heterocycles. The number of carbonyl (C=O) groups excluding carboxylic acids is 1. The highest BCUT2D eigenvalue weighted by molar-refractivity contribution is 5.81. The number of hydrogen-bond donors (Lipinski definition) is 1. The Bertz CT molecular complexity index is 863. The second kappa shape index (κ2) is 10.0. The number of benzene rings is 2. The zero-order valence-electron chi connectivity index (χ0n) is 17.6. The van der Waals surface area contributed by atoms with Crippen molar-refractivity contribution >= 4 is 5.91 Å². The number of rotatable bonds is 7. The average molecular weight is 436 g/mol. The Kier molecular flexibility index (Phi) is 7.43. The fourth-order valence-electron chi connectivity index (χ4n) is 3.57. The number of halogens is 3. The molecule has 1 aliphatic rings. The molecule has 1 heterocycles. The van der Waals surface area contributed by atoms with Gasteiger partial charge in [-0.15, -0.1) is 0 Å². The molecular formula is C23H27F3N2O3. The molecule has 1 atom stereocenters. The summed E-state index contributed by atoms with van der Waals surface area (Å²) in [6.45, 7) is 3.56. The summed E-state index contributed by atoms with van der Waals surface area (Å²) in [5.41, 5.74) is 0.0109. The molecule has 0 radical (unpaired) electrons. The molecule has 0 bridgehead atoms. The van der Waals surface area contributed by atoms with E-state index >= 15 is 0 Å². The molecule has 0 spiro atoms. The maximum atomic E-state index is 12.9. The number of nitrogens with one attached hydrogen (secondary N) is 1. The zero-order chi connectivity index (χ0) is 22.4. The second-order valence-electron chi connectivity index (χ2n) is 7.69. The SMILES string of the molecule is COc1ccc(OC(C)C(=O)NC2CCN(Cc3cccc(C(F)(F)F)c3)CC2)cc1. The van der Waals surface area contributed by atoms with Crippen LogP contribution in [0.15, 0.2) is 48.5 Å². The van der Waals surface area contributed by atoms with Crippen LogP contribution in [0, 0.1) is 0 Å². The maximum absolute atomic E-state index is 12.9. The molecule has 0 saturated carbocycles. The van der Waals surface area contributed by atoms with Crippen molar-refractivity contribution in [3.63, 3.8) is 0 Å². The number of piperidine rings is 1. The lowest BCUT2D eigenvalue weighted by Crippen LogP contribution is -2.47. The average Bonchev–Trinajstić information content (AvgIpc) is 2.75. The number of alkyl halides is 3. The van der Waals surface area contributed by atoms with Crippen LogP contribution in [-0.2, 0) is 17.5 Å². The van der Waals surface area contributed by atoms with Gasteiger partial charge in [0.1, 0.15) is 11.5 Å². The highest BCUT2D eigenvalue weighted by atomic mass is 19.4. The summed E-state index contributed by atoms with van der Waals surface area (Å²) in [4.78, 5) is 14.6. The van der Waals surface area contributed by atoms with E-state index in [2.05, 4.69) is 10.2 Å². The van der Waals surface area contributed by atoms with Crippen LogP contribution < -0.4 is 14.8 Å². The molecule has 1 aliphatic heterocycles. The molecule has 2 aromatic carbocycles. The molecule has 1 unspecified atom stereocenters. The van der Waals surface area contributed by atoms with Crippen LogP contribution in [0.3, 0.4) is 0 Å². The maximum Gasteiger partial charge on any atom is 0.416 e. The highest BCUT2D eigenvalue weighted by Gasteiger charge is 2.30. The number of carbonyl (C=O) groups is 1.